The van der Waals surface area contributed by atoms with Crippen LogP contribution < -0.4 is 5.73 Å². The Balaban J connectivity index is 2.02. The van der Waals surface area contributed by atoms with Gasteiger partial charge in [0, 0.05) is 12.0 Å². The van der Waals surface area contributed by atoms with Crippen LogP contribution in [0.1, 0.15) is 18.1 Å². The highest BCUT2D eigenvalue weighted by molar-refractivity contribution is 5.50. The van der Waals surface area contributed by atoms with Gasteiger partial charge in [-0.1, -0.05) is 5.92 Å². The maximum absolute atomic E-state index is 10.0. The van der Waals surface area contributed by atoms with Crippen molar-refractivity contribution in [1.29, 1.82) is 0 Å². The SMILES string of the molecule is C#CC1(CO)O[C@@H](c2cnn3c(N)ncnc23)CC1O. The number of hydrogen-bond donors (Lipinski definition) is 3. The summed E-state index contributed by atoms with van der Waals surface area (Å²) in [6.07, 6.45) is 7.00. The van der Waals surface area contributed by atoms with Gasteiger partial charge in [-0.05, 0) is 0 Å². The van der Waals surface area contributed by atoms with E-state index in [1.807, 2.05) is 0 Å². The molecule has 1 aliphatic rings. The second-order valence-corrected chi connectivity index (χ2v) is 4.62. The average Bonchev–Trinajstić information content (AvgIpc) is 3.01. The van der Waals surface area contributed by atoms with E-state index in [2.05, 4.69) is 21.0 Å². The first-order valence-corrected chi connectivity index (χ1v) is 6.00. The van der Waals surface area contributed by atoms with Crippen molar-refractivity contribution in [3.8, 4) is 12.3 Å². The zero-order valence-electron chi connectivity index (χ0n) is 10.5. The van der Waals surface area contributed by atoms with E-state index in [0.717, 1.165) is 0 Å². The quantitative estimate of drug-likeness (QED) is 0.595. The first kappa shape index (κ1) is 12.8. The molecule has 0 spiro atoms. The number of fused-ring (bicyclic) bond motifs is 1. The highest BCUT2D eigenvalue weighted by Crippen LogP contribution is 2.40. The van der Waals surface area contributed by atoms with Crippen molar-refractivity contribution >= 4 is 11.6 Å². The van der Waals surface area contributed by atoms with Gasteiger partial charge in [0.2, 0.25) is 5.95 Å². The third kappa shape index (κ3) is 1.65. The van der Waals surface area contributed by atoms with Crippen molar-refractivity contribution in [1.82, 2.24) is 19.6 Å². The Bertz CT molecular complexity index is 694. The smallest absolute Gasteiger partial charge is 0.224 e. The lowest BCUT2D eigenvalue weighted by atomic mass is 9.97. The highest BCUT2D eigenvalue weighted by atomic mass is 16.5. The molecular weight excluding hydrogens is 262 g/mol. The number of aliphatic hydroxyl groups excluding tert-OH is 2. The molecule has 8 nitrogen and oxygen atoms in total. The fourth-order valence-corrected chi connectivity index (χ4v) is 2.36. The predicted molar refractivity (Wildman–Crippen MR) is 68.3 cm³/mol. The number of nitrogens with zero attached hydrogens (tertiary/aromatic N) is 4. The molecule has 3 heterocycles. The molecule has 0 aromatic carbocycles. The minimum absolute atomic E-state index is 0.199. The molecule has 1 aliphatic heterocycles. The van der Waals surface area contributed by atoms with Gasteiger partial charge in [-0.2, -0.15) is 9.61 Å². The Morgan fingerprint density at radius 2 is 2.40 bits per heavy atom. The number of terminal acetylenes is 1. The standard InChI is InChI=1S/C12H13N5O3/c1-2-12(5-18)9(19)3-8(20-12)7-4-16-17-10(7)14-6-15-11(17)13/h1,4,6,8-9,18-19H,3,5H2,(H2,13,14,15)/t8-,9?,12?/m1/s1. The summed E-state index contributed by atoms with van der Waals surface area (Å²) in [5.41, 5.74) is 5.43. The van der Waals surface area contributed by atoms with Crippen molar-refractivity contribution in [2.24, 2.45) is 0 Å². The van der Waals surface area contributed by atoms with Gasteiger partial charge in [0.25, 0.3) is 0 Å². The number of aliphatic hydroxyl groups is 2. The van der Waals surface area contributed by atoms with E-state index in [1.54, 1.807) is 6.20 Å². The van der Waals surface area contributed by atoms with Crippen molar-refractivity contribution in [2.75, 3.05) is 12.3 Å². The summed E-state index contributed by atoms with van der Waals surface area (Å²) in [6.45, 7) is -0.461. The zero-order chi connectivity index (χ0) is 14.3. The number of hydrogen-bond acceptors (Lipinski definition) is 7. The van der Waals surface area contributed by atoms with Crippen molar-refractivity contribution < 1.29 is 14.9 Å². The zero-order valence-corrected chi connectivity index (χ0v) is 10.5. The van der Waals surface area contributed by atoms with E-state index < -0.39 is 24.4 Å². The minimum atomic E-state index is -1.39. The first-order chi connectivity index (χ1) is 9.61. The van der Waals surface area contributed by atoms with E-state index in [0.29, 0.717) is 11.2 Å². The number of nitrogens with two attached hydrogens (primary N) is 1. The lowest BCUT2D eigenvalue weighted by Crippen LogP contribution is -2.41. The van der Waals surface area contributed by atoms with E-state index in [9.17, 15) is 10.2 Å². The Morgan fingerprint density at radius 3 is 3.05 bits per heavy atom. The van der Waals surface area contributed by atoms with E-state index in [4.69, 9.17) is 16.9 Å². The molecule has 0 aliphatic carbocycles. The van der Waals surface area contributed by atoms with Crippen molar-refractivity contribution in [3.05, 3.63) is 18.1 Å². The summed E-state index contributed by atoms with van der Waals surface area (Å²) < 4.78 is 7.04. The molecule has 0 amide bonds. The van der Waals surface area contributed by atoms with E-state index in [1.165, 1.54) is 10.8 Å². The van der Waals surface area contributed by atoms with Gasteiger partial charge in [-0.25, -0.2) is 9.97 Å². The van der Waals surface area contributed by atoms with Gasteiger partial charge in [0.1, 0.15) is 6.33 Å². The molecule has 2 unspecified atom stereocenters. The van der Waals surface area contributed by atoms with Gasteiger partial charge in [0.05, 0.1) is 25.0 Å². The molecule has 104 valence electrons. The molecule has 0 radical (unpaired) electrons. The van der Waals surface area contributed by atoms with Gasteiger partial charge < -0.3 is 20.7 Å². The fourth-order valence-electron chi connectivity index (χ4n) is 2.36. The summed E-state index contributed by atoms with van der Waals surface area (Å²) in [4.78, 5) is 7.93. The van der Waals surface area contributed by atoms with Gasteiger partial charge >= 0.3 is 0 Å². The number of aromatic nitrogens is 4. The number of nitrogen functional groups attached to an aromatic ring is 1. The summed E-state index contributed by atoms with van der Waals surface area (Å²) >= 11 is 0. The van der Waals surface area contributed by atoms with Crippen LogP contribution in [0.4, 0.5) is 5.95 Å². The molecule has 1 saturated heterocycles. The molecule has 0 saturated carbocycles. The molecule has 20 heavy (non-hydrogen) atoms. The number of rotatable bonds is 2. The topological polar surface area (TPSA) is 119 Å². The maximum atomic E-state index is 10.0. The third-order valence-electron chi connectivity index (χ3n) is 3.51. The van der Waals surface area contributed by atoms with E-state index in [-0.39, 0.29) is 12.4 Å². The van der Waals surface area contributed by atoms with Gasteiger partial charge in [0.15, 0.2) is 11.2 Å². The molecule has 2 aromatic rings. The second-order valence-electron chi connectivity index (χ2n) is 4.62. The summed E-state index contributed by atoms with van der Waals surface area (Å²) in [6, 6.07) is 0. The predicted octanol–water partition coefficient (Wildman–Crippen LogP) is -1.11. The Hall–Kier alpha value is -2.21. The monoisotopic (exact) mass is 275 g/mol. The Kier molecular flexibility index (Phi) is 2.83. The average molecular weight is 275 g/mol. The lowest BCUT2D eigenvalue weighted by Gasteiger charge is -2.23. The van der Waals surface area contributed by atoms with Crippen LogP contribution in [0.5, 0.6) is 0 Å². The summed E-state index contributed by atoms with van der Waals surface area (Å²) in [5.74, 6) is 2.52. The largest absolute Gasteiger partial charge is 0.392 e. The van der Waals surface area contributed by atoms with Gasteiger partial charge in [-0.15, -0.1) is 6.42 Å². The Morgan fingerprint density at radius 1 is 1.60 bits per heavy atom. The van der Waals surface area contributed by atoms with Crippen LogP contribution in [0, 0.1) is 12.3 Å². The van der Waals surface area contributed by atoms with E-state index >= 15 is 0 Å². The van der Waals surface area contributed by atoms with Crippen LogP contribution in [0.2, 0.25) is 0 Å². The number of ether oxygens (including phenoxy) is 1. The van der Waals surface area contributed by atoms with Crippen LogP contribution in [-0.4, -0.2) is 48.1 Å². The van der Waals surface area contributed by atoms with Crippen LogP contribution in [0.15, 0.2) is 12.5 Å². The fraction of sp³-hybridized carbons (Fsp3) is 0.417. The molecule has 2 aromatic heterocycles. The van der Waals surface area contributed by atoms with Crippen molar-refractivity contribution in [2.45, 2.75) is 24.2 Å². The van der Waals surface area contributed by atoms with Crippen LogP contribution >= 0.6 is 0 Å². The molecule has 1 fully saturated rings. The normalized spacial score (nSPS) is 29.6. The summed E-state index contributed by atoms with van der Waals surface area (Å²) in [7, 11) is 0. The lowest BCUT2D eigenvalue weighted by molar-refractivity contribution is -0.0718. The minimum Gasteiger partial charge on any atom is -0.392 e. The first-order valence-electron chi connectivity index (χ1n) is 6.00. The third-order valence-corrected chi connectivity index (χ3v) is 3.51. The summed E-state index contributed by atoms with van der Waals surface area (Å²) in [5, 5.41) is 23.5. The maximum Gasteiger partial charge on any atom is 0.224 e. The second kappa shape index (κ2) is 4.42. The van der Waals surface area contributed by atoms with Crippen LogP contribution in [0.3, 0.4) is 0 Å². The number of anilines is 1. The highest BCUT2D eigenvalue weighted by Gasteiger charge is 2.47. The van der Waals surface area contributed by atoms with Gasteiger partial charge in [-0.3, -0.25) is 0 Å². The van der Waals surface area contributed by atoms with Crippen LogP contribution in [0.25, 0.3) is 5.65 Å². The molecule has 4 N–H and O–H groups in total. The van der Waals surface area contributed by atoms with Crippen molar-refractivity contribution in [3.63, 3.8) is 0 Å². The Labute approximate surface area is 114 Å². The van der Waals surface area contributed by atoms with Crippen LogP contribution in [-0.2, 0) is 4.74 Å². The molecule has 0 bridgehead atoms. The molecule has 8 heteroatoms. The molecular formula is C12H13N5O3. The molecule has 3 atom stereocenters. The molecule has 3 rings (SSSR count).